The van der Waals surface area contributed by atoms with Crippen molar-refractivity contribution in [1.29, 1.82) is 0 Å². The Kier molecular flexibility index (Phi) is 5.40. The second-order valence-electron chi connectivity index (χ2n) is 4.23. The van der Waals surface area contributed by atoms with Crippen molar-refractivity contribution in [3.05, 3.63) is 53.2 Å². The van der Waals surface area contributed by atoms with E-state index >= 15 is 0 Å². The zero-order valence-electron chi connectivity index (χ0n) is 10.7. The third-order valence-electron chi connectivity index (χ3n) is 2.61. The first kappa shape index (κ1) is 14.8. The van der Waals surface area contributed by atoms with Crippen LogP contribution in [0.5, 0.6) is 0 Å². The molecule has 20 heavy (non-hydrogen) atoms. The molecule has 1 aromatic carbocycles. The summed E-state index contributed by atoms with van der Waals surface area (Å²) in [5.74, 6) is 0.156. The lowest BCUT2D eigenvalue weighted by Crippen LogP contribution is -2.25. The second kappa shape index (κ2) is 7.28. The Hall–Kier alpha value is -1.56. The lowest BCUT2D eigenvalue weighted by atomic mass is 10.3. The van der Waals surface area contributed by atoms with Crippen molar-refractivity contribution >= 4 is 17.3 Å². The molecular weight excluding hydrogens is 285 g/mol. The van der Waals surface area contributed by atoms with E-state index in [4.69, 9.17) is 20.8 Å². The molecular formula is C14H15ClFNO3. The van der Waals surface area contributed by atoms with Crippen molar-refractivity contribution in [3.63, 3.8) is 0 Å². The lowest BCUT2D eigenvalue weighted by molar-refractivity contribution is 0.0282. The highest BCUT2D eigenvalue weighted by molar-refractivity contribution is 6.31. The van der Waals surface area contributed by atoms with Crippen molar-refractivity contribution in [2.45, 2.75) is 12.7 Å². The third kappa shape index (κ3) is 4.23. The van der Waals surface area contributed by atoms with Gasteiger partial charge >= 0.3 is 0 Å². The number of anilines is 1. The van der Waals surface area contributed by atoms with Crippen LogP contribution >= 0.6 is 11.6 Å². The van der Waals surface area contributed by atoms with Gasteiger partial charge in [-0.05, 0) is 24.3 Å². The first-order valence-corrected chi connectivity index (χ1v) is 6.50. The Morgan fingerprint density at radius 3 is 2.95 bits per heavy atom. The number of nitrogens with one attached hydrogen (secondary N) is 1. The molecule has 2 rings (SSSR count). The van der Waals surface area contributed by atoms with E-state index in [0.717, 1.165) is 0 Å². The van der Waals surface area contributed by atoms with Crippen LogP contribution in [0.3, 0.4) is 0 Å². The first-order valence-electron chi connectivity index (χ1n) is 6.13. The maximum absolute atomic E-state index is 13.6. The van der Waals surface area contributed by atoms with E-state index in [9.17, 15) is 9.50 Å². The summed E-state index contributed by atoms with van der Waals surface area (Å²) in [5.41, 5.74) is 0.252. The standard InChI is InChI=1S/C14H15ClFNO3/c15-12-4-1-5-13(14(12)16)17-7-10(18)8-19-9-11-3-2-6-20-11/h1-6,10,17-18H,7-9H2. The molecule has 0 spiro atoms. The highest BCUT2D eigenvalue weighted by Gasteiger charge is 2.09. The predicted octanol–water partition coefficient (Wildman–Crippen LogP) is 3.06. The van der Waals surface area contributed by atoms with Crippen LogP contribution < -0.4 is 5.32 Å². The van der Waals surface area contributed by atoms with Crippen molar-refractivity contribution in [2.75, 3.05) is 18.5 Å². The number of aliphatic hydroxyl groups is 1. The van der Waals surface area contributed by atoms with Crippen molar-refractivity contribution < 1.29 is 18.7 Å². The molecule has 1 heterocycles. The number of benzene rings is 1. The molecule has 0 saturated carbocycles. The Morgan fingerprint density at radius 1 is 1.35 bits per heavy atom. The fourth-order valence-corrected chi connectivity index (χ4v) is 1.79. The van der Waals surface area contributed by atoms with E-state index in [-0.39, 0.29) is 30.5 Å². The average Bonchev–Trinajstić information content (AvgIpc) is 2.94. The van der Waals surface area contributed by atoms with Gasteiger partial charge in [-0.2, -0.15) is 0 Å². The molecule has 4 nitrogen and oxygen atoms in total. The largest absolute Gasteiger partial charge is 0.467 e. The lowest BCUT2D eigenvalue weighted by Gasteiger charge is -2.13. The zero-order valence-corrected chi connectivity index (χ0v) is 11.4. The Balaban J connectivity index is 1.72. The number of aliphatic hydroxyl groups excluding tert-OH is 1. The average molecular weight is 300 g/mol. The summed E-state index contributed by atoms with van der Waals surface area (Å²) in [6, 6.07) is 8.20. The van der Waals surface area contributed by atoms with Crippen LogP contribution in [0.15, 0.2) is 41.0 Å². The fraction of sp³-hybridized carbons (Fsp3) is 0.286. The van der Waals surface area contributed by atoms with Crippen molar-refractivity contribution in [2.24, 2.45) is 0 Å². The van der Waals surface area contributed by atoms with Crippen LogP contribution in [0.25, 0.3) is 0 Å². The van der Waals surface area contributed by atoms with Gasteiger partial charge in [0.15, 0.2) is 5.82 Å². The van der Waals surface area contributed by atoms with Gasteiger partial charge in [-0.3, -0.25) is 0 Å². The van der Waals surface area contributed by atoms with Gasteiger partial charge in [0, 0.05) is 6.54 Å². The molecule has 0 fully saturated rings. The van der Waals surface area contributed by atoms with Crippen molar-refractivity contribution in [1.82, 2.24) is 0 Å². The Labute approximate surface area is 121 Å². The van der Waals surface area contributed by atoms with Crippen LogP contribution in [0.1, 0.15) is 5.76 Å². The Bertz CT molecular complexity index is 533. The fourth-order valence-electron chi connectivity index (χ4n) is 1.62. The predicted molar refractivity (Wildman–Crippen MR) is 74.3 cm³/mol. The van der Waals surface area contributed by atoms with E-state index in [0.29, 0.717) is 5.76 Å². The van der Waals surface area contributed by atoms with Gasteiger partial charge in [-0.25, -0.2) is 4.39 Å². The molecule has 0 bridgehead atoms. The van der Waals surface area contributed by atoms with Gasteiger partial charge in [0.1, 0.15) is 12.4 Å². The van der Waals surface area contributed by atoms with Gasteiger partial charge in [0.2, 0.25) is 0 Å². The molecule has 2 N–H and O–H groups in total. The van der Waals surface area contributed by atoms with E-state index < -0.39 is 11.9 Å². The number of furan rings is 1. The van der Waals surface area contributed by atoms with Gasteiger partial charge in [0.05, 0.1) is 29.7 Å². The Morgan fingerprint density at radius 2 is 2.20 bits per heavy atom. The van der Waals surface area contributed by atoms with Gasteiger partial charge in [0.25, 0.3) is 0 Å². The SMILES string of the molecule is OC(CNc1cccc(Cl)c1F)COCc1ccco1. The first-order chi connectivity index (χ1) is 9.66. The molecule has 0 saturated heterocycles. The molecule has 0 aliphatic heterocycles. The molecule has 6 heteroatoms. The topological polar surface area (TPSA) is 54.6 Å². The minimum Gasteiger partial charge on any atom is -0.467 e. The van der Waals surface area contributed by atoms with Crippen LogP contribution in [-0.4, -0.2) is 24.4 Å². The van der Waals surface area contributed by atoms with Gasteiger partial charge in [-0.1, -0.05) is 17.7 Å². The number of hydrogen-bond donors (Lipinski definition) is 2. The molecule has 1 atom stereocenters. The smallest absolute Gasteiger partial charge is 0.164 e. The highest BCUT2D eigenvalue weighted by atomic mass is 35.5. The van der Waals surface area contributed by atoms with Crippen molar-refractivity contribution in [3.8, 4) is 0 Å². The van der Waals surface area contributed by atoms with E-state index in [1.807, 2.05) is 0 Å². The molecule has 0 aliphatic rings. The molecule has 108 valence electrons. The summed E-state index contributed by atoms with van der Waals surface area (Å²) < 4.78 is 23.9. The van der Waals surface area contributed by atoms with E-state index in [2.05, 4.69) is 5.32 Å². The summed E-state index contributed by atoms with van der Waals surface area (Å²) in [6.45, 7) is 0.570. The zero-order chi connectivity index (χ0) is 14.4. The second-order valence-corrected chi connectivity index (χ2v) is 4.64. The van der Waals surface area contributed by atoms with Gasteiger partial charge < -0.3 is 19.6 Å². The molecule has 1 aromatic heterocycles. The van der Waals surface area contributed by atoms with Gasteiger partial charge in [-0.15, -0.1) is 0 Å². The number of ether oxygens (including phenoxy) is 1. The van der Waals surface area contributed by atoms with Crippen LogP contribution in [0.4, 0.5) is 10.1 Å². The number of halogens is 2. The summed E-state index contributed by atoms with van der Waals surface area (Å²) in [7, 11) is 0. The molecule has 2 aromatic rings. The molecule has 0 aliphatic carbocycles. The maximum atomic E-state index is 13.6. The maximum Gasteiger partial charge on any atom is 0.164 e. The minimum atomic E-state index is -0.761. The molecule has 0 amide bonds. The summed E-state index contributed by atoms with van der Waals surface area (Å²) in [5, 5.41) is 12.6. The summed E-state index contributed by atoms with van der Waals surface area (Å²) >= 11 is 5.66. The van der Waals surface area contributed by atoms with E-state index in [1.54, 1.807) is 30.5 Å². The summed E-state index contributed by atoms with van der Waals surface area (Å²) in [4.78, 5) is 0. The molecule has 1 unspecified atom stereocenters. The quantitative estimate of drug-likeness (QED) is 0.825. The van der Waals surface area contributed by atoms with E-state index in [1.165, 1.54) is 6.07 Å². The van der Waals surface area contributed by atoms with Crippen LogP contribution in [-0.2, 0) is 11.3 Å². The third-order valence-corrected chi connectivity index (χ3v) is 2.91. The highest BCUT2D eigenvalue weighted by Crippen LogP contribution is 2.21. The monoisotopic (exact) mass is 299 g/mol. The number of hydrogen-bond acceptors (Lipinski definition) is 4. The molecule has 0 radical (unpaired) electrons. The summed E-state index contributed by atoms with van der Waals surface area (Å²) in [6.07, 6.45) is 0.793. The van der Waals surface area contributed by atoms with Crippen LogP contribution in [0, 0.1) is 5.82 Å². The van der Waals surface area contributed by atoms with Crippen LogP contribution in [0.2, 0.25) is 5.02 Å². The minimum absolute atomic E-state index is 0.0403. The normalized spacial score (nSPS) is 12.3. The number of rotatable bonds is 7.